The van der Waals surface area contributed by atoms with Gasteiger partial charge >= 0.3 is 5.97 Å². The van der Waals surface area contributed by atoms with E-state index in [4.69, 9.17) is 16.3 Å². The molecule has 0 radical (unpaired) electrons. The third-order valence-electron chi connectivity index (χ3n) is 3.79. The van der Waals surface area contributed by atoms with Crippen LogP contribution in [0, 0.1) is 11.8 Å². The summed E-state index contributed by atoms with van der Waals surface area (Å²) < 4.78 is 5.03. The van der Waals surface area contributed by atoms with Gasteiger partial charge in [-0.2, -0.15) is 0 Å². The van der Waals surface area contributed by atoms with E-state index >= 15 is 0 Å². The first-order valence-electron chi connectivity index (χ1n) is 6.80. The third-order valence-corrected chi connectivity index (χ3v) is 4.08. The van der Waals surface area contributed by atoms with Crippen LogP contribution in [-0.4, -0.2) is 24.1 Å². The average molecular weight is 312 g/mol. The van der Waals surface area contributed by atoms with E-state index in [0.717, 1.165) is 12.8 Å². The van der Waals surface area contributed by atoms with Crippen molar-refractivity contribution in [2.75, 3.05) is 7.11 Å². The van der Waals surface area contributed by atoms with Crippen LogP contribution in [0.4, 0.5) is 0 Å². The van der Waals surface area contributed by atoms with Gasteiger partial charge in [0.2, 0.25) is 5.91 Å². The van der Waals surface area contributed by atoms with Crippen LogP contribution in [0.5, 0.6) is 5.75 Å². The molecule has 1 saturated carbocycles. The summed E-state index contributed by atoms with van der Waals surface area (Å²) >= 11 is 6.01. The number of carbonyl (C=O) groups excluding carboxylic acids is 1. The van der Waals surface area contributed by atoms with Crippen molar-refractivity contribution in [3.8, 4) is 5.75 Å². The fourth-order valence-electron chi connectivity index (χ4n) is 2.23. The number of hydrogen-bond acceptors (Lipinski definition) is 3. The average Bonchev–Trinajstić information content (AvgIpc) is 3.27. The van der Waals surface area contributed by atoms with Crippen LogP contribution in [0.15, 0.2) is 18.2 Å². The first kappa shape index (κ1) is 15.6. The Hall–Kier alpha value is -1.75. The molecule has 0 aliphatic heterocycles. The molecule has 1 aliphatic carbocycles. The first-order valence-corrected chi connectivity index (χ1v) is 7.18. The number of hydrogen-bond donors (Lipinski definition) is 2. The van der Waals surface area contributed by atoms with Crippen molar-refractivity contribution in [2.24, 2.45) is 11.8 Å². The normalized spacial score (nSPS) is 16.9. The summed E-state index contributed by atoms with van der Waals surface area (Å²) in [6.45, 7) is 1.83. The van der Waals surface area contributed by atoms with Gasteiger partial charge in [0, 0.05) is 5.92 Å². The van der Waals surface area contributed by atoms with Crippen LogP contribution in [0.1, 0.15) is 31.4 Å². The summed E-state index contributed by atoms with van der Waals surface area (Å²) in [6, 6.07) is 3.57. The van der Waals surface area contributed by atoms with Gasteiger partial charge < -0.3 is 15.2 Å². The van der Waals surface area contributed by atoms with Crippen LogP contribution in [-0.2, 0) is 9.59 Å². The fourth-order valence-corrected chi connectivity index (χ4v) is 2.50. The number of aliphatic carboxylic acids is 1. The molecule has 21 heavy (non-hydrogen) atoms. The first-order chi connectivity index (χ1) is 9.93. The SMILES string of the molecule is COc1ccc(C(NC(=O)C(C)C2CC2)C(=O)O)cc1Cl. The highest BCUT2D eigenvalue weighted by molar-refractivity contribution is 6.32. The Bertz CT molecular complexity index is 557. The van der Waals surface area contributed by atoms with Crippen molar-refractivity contribution in [3.63, 3.8) is 0 Å². The lowest BCUT2D eigenvalue weighted by Crippen LogP contribution is -2.37. The number of ether oxygens (including phenoxy) is 1. The van der Waals surface area contributed by atoms with Gasteiger partial charge in [0.25, 0.3) is 0 Å². The molecule has 5 nitrogen and oxygen atoms in total. The predicted octanol–water partition coefficient (Wildman–Crippen LogP) is 2.64. The van der Waals surface area contributed by atoms with Crippen molar-refractivity contribution in [2.45, 2.75) is 25.8 Å². The van der Waals surface area contributed by atoms with Crippen LogP contribution in [0.3, 0.4) is 0 Å². The highest BCUT2D eigenvalue weighted by Crippen LogP contribution is 2.37. The van der Waals surface area contributed by atoms with E-state index in [-0.39, 0.29) is 11.8 Å². The van der Waals surface area contributed by atoms with Crippen LogP contribution in [0.25, 0.3) is 0 Å². The molecule has 1 aromatic rings. The highest BCUT2D eigenvalue weighted by Gasteiger charge is 2.34. The molecule has 0 saturated heterocycles. The lowest BCUT2D eigenvalue weighted by molar-refractivity contribution is -0.142. The zero-order chi connectivity index (χ0) is 15.6. The minimum atomic E-state index is -1.12. The maximum absolute atomic E-state index is 12.1. The van der Waals surface area contributed by atoms with Crippen molar-refractivity contribution in [1.82, 2.24) is 5.32 Å². The zero-order valence-electron chi connectivity index (χ0n) is 11.9. The lowest BCUT2D eigenvalue weighted by atomic mass is 10.0. The maximum atomic E-state index is 12.1. The van der Waals surface area contributed by atoms with Gasteiger partial charge in [-0.15, -0.1) is 0 Å². The molecule has 1 aliphatic rings. The van der Waals surface area contributed by atoms with Gasteiger partial charge in [0.05, 0.1) is 12.1 Å². The van der Waals surface area contributed by atoms with E-state index in [0.29, 0.717) is 22.3 Å². The molecule has 2 N–H and O–H groups in total. The maximum Gasteiger partial charge on any atom is 0.330 e. The van der Waals surface area contributed by atoms with Gasteiger partial charge in [0.1, 0.15) is 5.75 Å². The van der Waals surface area contributed by atoms with Crippen molar-refractivity contribution in [1.29, 1.82) is 0 Å². The highest BCUT2D eigenvalue weighted by atomic mass is 35.5. The summed E-state index contributed by atoms with van der Waals surface area (Å²) in [4.78, 5) is 23.5. The smallest absolute Gasteiger partial charge is 0.330 e. The Morgan fingerprint density at radius 1 is 1.43 bits per heavy atom. The molecule has 2 atom stereocenters. The second-order valence-corrected chi connectivity index (χ2v) is 5.71. The van der Waals surface area contributed by atoms with Crippen molar-refractivity contribution < 1.29 is 19.4 Å². The van der Waals surface area contributed by atoms with Crippen molar-refractivity contribution in [3.05, 3.63) is 28.8 Å². The van der Waals surface area contributed by atoms with Gasteiger partial charge in [-0.25, -0.2) is 4.79 Å². The fraction of sp³-hybridized carbons (Fsp3) is 0.467. The lowest BCUT2D eigenvalue weighted by Gasteiger charge is -2.18. The summed E-state index contributed by atoms with van der Waals surface area (Å²) in [5.41, 5.74) is 0.421. The quantitative estimate of drug-likeness (QED) is 0.847. The molecule has 0 heterocycles. The molecule has 1 aromatic carbocycles. The molecule has 1 fully saturated rings. The summed E-state index contributed by atoms with van der Waals surface area (Å²) in [7, 11) is 1.48. The van der Waals surface area contributed by atoms with Crippen LogP contribution >= 0.6 is 11.6 Å². The molecule has 114 valence electrons. The summed E-state index contributed by atoms with van der Waals surface area (Å²) in [6.07, 6.45) is 2.06. The van der Waals surface area contributed by atoms with Gasteiger partial charge in [-0.1, -0.05) is 24.6 Å². The van der Waals surface area contributed by atoms with Crippen molar-refractivity contribution >= 4 is 23.5 Å². The largest absolute Gasteiger partial charge is 0.495 e. The number of nitrogens with one attached hydrogen (secondary N) is 1. The van der Waals surface area contributed by atoms with E-state index in [1.165, 1.54) is 13.2 Å². The molecule has 1 amide bonds. The standard InChI is InChI=1S/C15H18ClNO4/c1-8(9-3-4-9)14(18)17-13(15(19)20)10-5-6-12(21-2)11(16)7-10/h5-9,13H,3-4H2,1-2H3,(H,17,18)(H,19,20). The second-order valence-electron chi connectivity index (χ2n) is 5.30. The van der Waals surface area contributed by atoms with Crippen LogP contribution in [0.2, 0.25) is 5.02 Å². The van der Waals surface area contributed by atoms with E-state index in [2.05, 4.69) is 5.32 Å². The van der Waals surface area contributed by atoms with Gasteiger partial charge in [-0.05, 0) is 36.5 Å². The number of carboxylic acids is 1. The molecule has 0 spiro atoms. The molecule has 0 bridgehead atoms. The van der Waals surface area contributed by atoms with E-state index < -0.39 is 12.0 Å². The van der Waals surface area contributed by atoms with E-state index in [1.807, 2.05) is 6.92 Å². The van der Waals surface area contributed by atoms with Gasteiger partial charge in [0.15, 0.2) is 6.04 Å². The number of carboxylic acid groups (broad SMARTS) is 1. The zero-order valence-corrected chi connectivity index (χ0v) is 12.7. The Balaban J connectivity index is 2.16. The third kappa shape index (κ3) is 3.67. The number of rotatable bonds is 6. The molecule has 2 rings (SSSR count). The summed E-state index contributed by atoms with van der Waals surface area (Å²) in [5, 5.41) is 12.2. The number of carbonyl (C=O) groups is 2. The molecule has 6 heteroatoms. The monoisotopic (exact) mass is 311 g/mol. The second kappa shape index (κ2) is 6.35. The van der Waals surface area contributed by atoms with Gasteiger partial charge in [-0.3, -0.25) is 4.79 Å². The Kier molecular flexibility index (Phi) is 4.73. The minimum absolute atomic E-state index is 0.166. The molecule has 0 aromatic heterocycles. The predicted molar refractivity (Wildman–Crippen MR) is 78.4 cm³/mol. The van der Waals surface area contributed by atoms with Crippen LogP contribution < -0.4 is 10.1 Å². The number of halogens is 1. The van der Waals surface area contributed by atoms with E-state index in [9.17, 15) is 14.7 Å². The minimum Gasteiger partial charge on any atom is -0.495 e. The molecular weight excluding hydrogens is 294 g/mol. The summed E-state index contributed by atoms with van der Waals surface area (Å²) in [5.74, 6) is -0.689. The Morgan fingerprint density at radius 2 is 2.10 bits per heavy atom. The number of methoxy groups -OCH3 is 1. The Labute approximate surface area is 128 Å². The number of amides is 1. The number of benzene rings is 1. The topological polar surface area (TPSA) is 75.6 Å². The molecule has 2 unspecified atom stereocenters. The molecular formula is C15H18ClNO4. The Morgan fingerprint density at radius 3 is 2.57 bits per heavy atom. The van der Waals surface area contributed by atoms with E-state index in [1.54, 1.807) is 12.1 Å².